The molecule has 0 aliphatic carbocycles. The lowest BCUT2D eigenvalue weighted by Gasteiger charge is -2.32. The number of fused-ring (bicyclic) bond motifs is 2. The Hall–Kier alpha value is -2.34. The summed E-state index contributed by atoms with van der Waals surface area (Å²) in [6.45, 7) is 3.21. The van der Waals surface area contributed by atoms with Crippen LogP contribution in [0.3, 0.4) is 0 Å². The Balaban J connectivity index is 1.51. The number of hydrogen-bond acceptors (Lipinski definition) is 6. The van der Waals surface area contributed by atoms with Crippen molar-refractivity contribution in [2.45, 2.75) is 19.1 Å². The van der Waals surface area contributed by atoms with Crippen LogP contribution in [0.1, 0.15) is 11.3 Å². The summed E-state index contributed by atoms with van der Waals surface area (Å²) in [6, 6.07) is 7.80. The van der Waals surface area contributed by atoms with Crippen molar-refractivity contribution < 1.29 is 9.47 Å². The van der Waals surface area contributed by atoms with E-state index in [-0.39, 0.29) is 6.10 Å². The maximum Gasteiger partial charge on any atom is 0.161 e. The fourth-order valence-electron chi connectivity index (χ4n) is 3.34. The van der Waals surface area contributed by atoms with E-state index in [0.717, 1.165) is 49.1 Å². The van der Waals surface area contributed by atoms with Crippen LogP contribution in [0, 0.1) is 0 Å². The van der Waals surface area contributed by atoms with Crippen LogP contribution in [-0.2, 0) is 13.0 Å². The molecule has 1 aromatic carbocycles. The van der Waals surface area contributed by atoms with E-state index in [0.29, 0.717) is 6.61 Å². The molecule has 1 aromatic heterocycles. The number of ether oxygens (including phenoxy) is 2. The lowest BCUT2D eigenvalue weighted by molar-refractivity contribution is 0.0959. The molecule has 0 spiro atoms. The average molecular weight is 326 g/mol. The second-order valence-electron chi connectivity index (χ2n) is 6.49. The molecule has 0 saturated carbocycles. The van der Waals surface area contributed by atoms with E-state index in [1.54, 1.807) is 6.33 Å². The normalized spacial score (nSPS) is 19.7. The van der Waals surface area contributed by atoms with Gasteiger partial charge in [0.25, 0.3) is 0 Å². The number of anilines is 1. The third-order valence-corrected chi connectivity index (χ3v) is 4.58. The molecular formula is C18H22N4O2. The highest BCUT2D eigenvalue weighted by atomic mass is 16.6. The molecule has 0 amide bonds. The van der Waals surface area contributed by atoms with Crippen molar-refractivity contribution in [3.05, 3.63) is 41.9 Å². The van der Waals surface area contributed by atoms with Crippen molar-refractivity contribution >= 4 is 5.82 Å². The summed E-state index contributed by atoms with van der Waals surface area (Å²) in [4.78, 5) is 13.4. The molecule has 0 unspecified atom stereocenters. The standard InChI is InChI=1S/C18H22N4O2/c1-21-8-7-15-14(10-21)18(20-12-19-15)22(2)9-13-11-23-16-5-3-4-6-17(16)24-13/h3-6,12-13H,7-11H2,1-2H3/t13-/m0/s1. The van der Waals surface area contributed by atoms with Gasteiger partial charge in [0.15, 0.2) is 17.6 Å². The maximum absolute atomic E-state index is 6.07. The zero-order valence-electron chi connectivity index (χ0n) is 14.1. The quantitative estimate of drug-likeness (QED) is 0.856. The van der Waals surface area contributed by atoms with Crippen LogP contribution < -0.4 is 14.4 Å². The molecule has 6 heteroatoms. The van der Waals surface area contributed by atoms with E-state index in [9.17, 15) is 0 Å². The highest BCUT2D eigenvalue weighted by Crippen LogP contribution is 2.31. The van der Waals surface area contributed by atoms with Gasteiger partial charge in [-0.25, -0.2) is 9.97 Å². The summed E-state index contributed by atoms with van der Waals surface area (Å²) in [5.41, 5.74) is 2.39. The molecule has 1 atom stereocenters. The van der Waals surface area contributed by atoms with E-state index in [1.807, 2.05) is 24.3 Å². The smallest absolute Gasteiger partial charge is 0.161 e. The van der Waals surface area contributed by atoms with Gasteiger partial charge in [-0.05, 0) is 19.2 Å². The largest absolute Gasteiger partial charge is 0.486 e. The van der Waals surface area contributed by atoms with Crippen LogP contribution >= 0.6 is 0 Å². The predicted molar refractivity (Wildman–Crippen MR) is 91.7 cm³/mol. The molecule has 3 heterocycles. The van der Waals surface area contributed by atoms with Gasteiger partial charge in [0.05, 0.1) is 12.2 Å². The summed E-state index contributed by atoms with van der Waals surface area (Å²) in [7, 11) is 4.19. The topological polar surface area (TPSA) is 50.7 Å². The molecule has 6 nitrogen and oxygen atoms in total. The third-order valence-electron chi connectivity index (χ3n) is 4.58. The van der Waals surface area contributed by atoms with Gasteiger partial charge in [-0.3, -0.25) is 0 Å². The van der Waals surface area contributed by atoms with Gasteiger partial charge in [0, 0.05) is 32.1 Å². The summed E-state index contributed by atoms with van der Waals surface area (Å²) in [6.07, 6.45) is 2.63. The molecule has 4 rings (SSSR count). The average Bonchev–Trinajstić information content (AvgIpc) is 2.61. The highest BCUT2D eigenvalue weighted by Gasteiger charge is 2.25. The van der Waals surface area contributed by atoms with Crippen LogP contribution in [0.5, 0.6) is 11.5 Å². The first-order chi connectivity index (χ1) is 11.7. The summed E-state index contributed by atoms with van der Waals surface area (Å²) in [5.74, 6) is 2.62. The van der Waals surface area contributed by atoms with E-state index in [4.69, 9.17) is 9.47 Å². The predicted octanol–water partition coefficient (Wildman–Crippen LogP) is 1.74. The number of para-hydroxylation sites is 2. The first kappa shape index (κ1) is 15.2. The molecule has 0 fully saturated rings. The first-order valence-corrected chi connectivity index (χ1v) is 8.31. The minimum atomic E-state index is -0.0168. The molecule has 0 N–H and O–H groups in total. The third kappa shape index (κ3) is 2.89. The van der Waals surface area contributed by atoms with Gasteiger partial charge >= 0.3 is 0 Å². The SMILES string of the molecule is CN1CCc2ncnc(N(C)C[C@H]3COc4ccccc4O3)c2C1. The number of benzene rings is 1. The van der Waals surface area contributed by atoms with Crippen molar-refractivity contribution in [3.63, 3.8) is 0 Å². The second kappa shape index (κ2) is 6.28. The first-order valence-electron chi connectivity index (χ1n) is 8.31. The lowest BCUT2D eigenvalue weighted by atomic mass is 10.1. The van der Waals surface area contributed by atoms with Gasteiger partial charge in [0.1, 0.15) is 18.8 Å². The number of aromatic nitrogens is 2. The van der Waals surface area contributed by atoms with Crippen LogP contribution in [0.2, 0.25) is 0 Å². The minimum Gasteiger partial charge on any atom is -0.486 e. The Bertz CT molecular complexity index is 737. The fraction of sp³-hybridized carbons (Fsp3) is 0.444. The fourth-order valence-corrected chi connectivity index (χ4v) is 3.34. The Morgan fingerprint density at radius 3 is 2.96 bits per heavy atom. The Morgan fingerprint density at radius 2 is 2.08 bits per heavy atom. The Morgan fingerprint density at radius 1 is 1.25 bits per heavy atom. The van der Waals surface area contributed by atoms with E-state index in [2.05, 4.69) is 33.9 Å². The van der Waals surface area contributed by atoms with Crippen molar-refractivity contribution in [1.29, 1.82) is 0 Å². The van der Waals surface area contributed by atoms with E-state index >= 15 is 0 Å². The molecular weight excluding hydrogens is 304 g/mol. The van der Waals surface area contributed by atoms with Gasteiger partial charge in [0.2, 0.25) is 0 Å². The lowest BCUT2D eigenvalue weighted by Crippen LogP contribution is -2.40. The van der Waals surface area contributed by atoms with Crippen molar-refractivity contribution in [2.75, 3.05) is 38.7 Å². The van der Waals surface area contributed by atoms with Crippen LogP contribution in [0.4, 0.5) is 5.82 Å². The number of nitrogens with zero attached hydrogens (tertiary/aromatic N) is 4. The van der Waals surface area contributed by atoms with Crippen molar-refractivity contribution in [2.24, 2.45) is 0 Å². The Labute approximate surface area is 142 Å². The number of hydrogen-bond donors (Lipinski definition) is 0. The monoisotopic (exact) mass is 326 g/mol. The number of likely N-dealkylation sites (N-methyl/N-ethyl adjacent to an activating group) is 2. The summed E-state index contributed by atoms with van der Waals surface area (Å²) in [5, 5.41) is 0. The molecule has 126 valence electrons. The van der Waals surface area contributed by atoms with E-state index in [1.165, 1.54) is 5.56 Å². The maximum atomic E-state index is 6.07. The van der Waals surface area contributed by atoms with Gasteiger partial charge < -0.3 is 19.3 Å². The number of rotatable bonds is 3. The van der Waals surface area contributed by atoms with Crippen LogP contribution in [0.15, 0.2) is 30.6 Å². The summed E-state index contributed by atoms with van der Waals surface area (Å²) < 4.78 is 11.9. The minimum absolute atomic E-state index is 0.0168. The summed E-state index contributed by atoms with van der Waals surface area (Å²) >= 11 is 0. The van der Waals surface area contributed by atoms with Crippen LogP contribution in [0.25, 0.3) is 0 Å². The van der Waals surface area contributed by atoms with Gasteiger partial charge in [-0.1, -0.05) is 12.1 Å². The molecule has 0 bridgehead atoms. The zero-order valence-corrected chi connectivity index (χ0v) is 14.1. The highest BCUT2D eigenvalue weighted by molar-refractivity contribution is 5.49. The van der Waals surface area contributed by atoms with Crippen molar-refractivity contribution in [1.82, 2.24) is 14.9 Å². The van der Waals surface area contributed by atoms with Crippen molar-refractivity contribution in [3.8, 4) is 11.5 Å². The molecule has 2 aliphatic heterocycles. The Kier molecular flexibility index (Phi) is 3.98. The van der Waals surface area contributed by atoms with Gasteiger partial charge in [-0.15, -0.1) is 0 Å². The molecule has 24 heavy (non-hydrogen) atoms. The molecule has 0 radical (unpaired) electrons. The van der Waals surface area contributed by atoms with E-state index < -0.39 is 0 Å². The van der Waals surface area contributed by atoms with Gasteiger partial charge in [-0.2, -0.15) is 0 Å². The van der Waals surface area contributed by atoms with Crippen LogP contribution in [-0.4, -0.2) is 54.8 Å². The molecule has 2 aliphatic rings. The molecule has 2 aromatic rings. The zero-order chi connectivity index (χ0) is 16.5. The second-order valence-corrected chi connectivity index (χ2v) is 6.49. The molecule has 0 saturated heterocycles.